The molecule has 0 spiro atoms. The van der Waals surface area contributed by atoms with Gasteiger partial charge in [-0.05, 0) is 61.7 Å². The third-order valence-corrected chi connectivity index (χ3v) is 6.60. The molecule has 3 heterocycles. The number of amides is 1. The van der Waals surface area contributed by atoms with E-state index in [0.717, 1.165) is 36.5 Å². The summed E-state index contributed by atoms with van der Waals surface area (Å²) in [5, 5.41) is 1.35. The first-order valence-corrected chi connectivity index (χ1v) is 10.2. The van der Waals surface area contributed by atoms with E-state index in [9.17, 15) is 4.79 Å². The molecule has 0 saturated carbocycles. The van der Waals surface area contributed by atoms with E-state index in [-0.39, 0.29) is 11.8 Å². The average Bonchev–Trinajstić information content (AvgIpc) is 3.06. The quantitative estimate of drug-likeness (QED) is 0.754. The summed E-state index contributed by atoms with van der Waals surface area (Å²) in [6.45, 7) is 3.43. The number of allylic oxidation sites excluding steroid dienone is 1. The molecule has 1 amide bonds. The molecule has 0 aromatic carbocycles. The maximum absolute atomic E-state index is 13.1. The van der Waals surface area contributed by atoms with Crippen LogP contribution >= 0.6 is 24.0 Å². The first-order valence-electron chi connectivity index (χ1n) is 8.95. The Balaban J connectivity index is 1.46. The minimum absolute atomic E-state index is 0.135. The largest absolute Gasteiger partial charge is 0.337 e. The summed E-state index contributed by atoms with van der Waals surface area (Å²) in [6.07, 6.45) is 10.5. The lowest BCUT2D eigenvalue weighted by molar-refractivity contribution is -0.128. The van der Waals surface area contributed by atoms with Gasteiger partial charge in [-0.2, -0.15) is 0 Å². The van der Waals surface area contributed by atoms with Crippen molar-refractivity contribution >= 4 is 40.0 Å². The minimum atomic E-state index is -0.153. The van der Waals surface area contributed by atoms with Crippen LogP contribution in [0.3, 0.4) is 0 Å². The summed E-state index contributed by atoms with van der Waals surface area (Å²) in [7, 11) is 0. The normalized spacial score (nSPS) is 23.5. The second kappa shape index (κ2) is 7.03. The Morgan fingerprint density at radius 2 is 2.12 bits per heavy atom. The molecule has 25 heavy (non-hydrogen) atoms. The molecule has 5 nitrogen and oxygen atoms in total. The third-order valence-electron chi connectivity index (χ3n) is 5.04. The van der Waals surface area contributed by atoms with Gasteiger partial charge in [-0.3, -0.25) is 9.69 Å². The van der Waals surface area contributed by atoms with Gasteiger partial charge in [0.2, 0.25) is 11.0 Å². The van der Waals surface area contributed by atoms with Crippen molar-refractivity contribution in [3.8, 4) is 0 Å². The second-order valence-electron chi connectivity index (χ2n) is 6.87. The van der Waals surface area contributed by atoms with E-state index in [1.165, 1.54) is 29.7 Å². The van der Waals surface area contributed by atoms with Crippen molar-refractivity contribution in [2.24, 2.45) is 10.9 Å². The van der Waals surface area contributed by atoms with E-state index < -0.39 is 0 Å². The van der Waals surface area contributed by atoms with Crippen molar-refractivity contribution < 1.29 is 4.79 Å². The molecule has 3 aliphatic rings. The zero-order chi connectivity index (χ0) is 17.4. The smallest absolute Gasteiger partial charge is 0.242 e. The zero-order valence-electron chi connectivity index (χ0n) is 14.4. The first kappa shape index (κ1) is 17.0. The lowest BCUT2D eigenvalue weighted by Gasteiger charge is -2.29. The number of nitrogens with zero attached hydrogens (tertiary/aromatic N) is 4. The van der Waals surface area contributed by atoms with Crippen LogP contribution in [0.25, 0.3) is 0 Å². The van der Waals surface area contributed by atoms with Crippen LogP contribution in [0.2, 0.25) is 0 Å². The molecule has 1 aliphatic carbocycles. The molecule has 7 heteroatoms. The number of hydrogen-bond acceptors (Lipinski definition) is 4. The average molecular weight is 375 g/mol. The van der Waals surface area contributed by atoms with Gasteiger partial charge in [0.25, 0.3) is 0 Å². The van der Waals surface area contributed by atoms with Gasteiger partial charge in [0, 0.05) is 19.3 Å². The fraction of sp³-hybridized carbons (Fsp3) is 0.556. The Morgan fingerprint density at radius 3 is 2.92 bits per heavy atom. The summed E-state index contributed by atoms with van der Waals surface area (Å²) < 4.78 is 2.05. The topological polar surface area (TPSA) is 50.5 Å². The van der Waals surface area contributed by atoms with Gasteiger partial charge >= 0.3 is 0 Å². The Kier molecular flexibility index (Phi) is 4.78. The van der Waals surface area contributed by atoms with Crippen molar-refractivity contribution in [2.75, 3.05) is 6.54 Å². The lowest BCUT2D eigenvalue weighted by atomic mass is 9.93. The maximum atomic E-state index is 13.1. The lowest BCUT2D eigenvalue weighted by Crippen LogP contribution is -2.46. The fourth-order valence-electron chi connectivity index (χ4n) is 3.79. The highest BCUT2D eigenvalue weighted by molar-refractivity contribution is 8.17. The zero-order valence-corrected chi connectivity index (χ0v) is 16.0. The van der Waals surface area contributed by atoms with Crippen molar-refractivity contribution in [3.63, 3.8) is 0 Å². The van der Waals surface area contributed by atoms with Gasteiger partial charge in [-0.1, -0.05) is 18.2 Å². The van der Waals surface area contributed by atoms with E-state index in [2.05, 4.69) is 14.5 Å². The minimum Gasteiger partial charge on any atom is -0.337 e. The van der Waals surface area contributed by atoms with Crippen LogP contribution in [0.1, 0.15) is 44.2 Å². The summed E-state index contributed by atoms with van der Waals surface area (Å²) in [4.78, 5) is 25.1. The van der Waals surface area contributed by atoms with E-state index in [0.29, 0.717) is 11.7 Å². The molecule has 0 bridgehead atoms. The van der Waals surface area contributed by atoms with E-state index >= 15 is 0 Å². The number of thioether (sulfide) groups is 1. The highest BCUT2D eigenvalue weighted by Gasteiger charge is 2.43. The predicted octanol–water partition coefficient (Wildman–Crippen LogP) is 3.69. The SMILES string of the molecule is Cc1cn(CCCN2C(=O)C3C(=NC2=S)SC2=C3CCCCC2)cn1. The summed E-state index contributed by atoms with van der Waals surface area (Å²) in [6, 6.07) is 0. The maximum Gasteiger partial charge on any atom is 0.242 e. The molecule has 0 saturated heterocycles. The van der Waals surface area contributed by atoms with Crippen molar-refractivity contribution in [1.82, 2.24) is 14.5 Å². The van der Waals surface area contributed by atoms with E-state index in [1.54, 1.807) is 16.7 Å². The van der Waals surface area contributed by atoms with Gasteiger partial charge in [-0.15, -0.1) is 0 Å². The number of fused-ring (bicyclic) bond motifs is 2. The van der Waals surface area contributed by atoms with Crippen molar-refractivity contribution in [1.29, 1.82) is 0 Å². The molecule has 0 fully saturated rings. The predicted molar refractivity (Wildman–Crippen MR) is 105 cm³/mol. The number of thiocarbonyl (C=S) groups is 1. The number of rotatable bonds is 4. The van der Waals surface area contributed by atoms with Crippen molar-refractivity contribution in [3.05, 3.63) is 28.7 Å². The van der Waals surface area contributed by atoms with Gasteiger partial charge in [0.1, 0.15) is 5.92 Å². The Hall–Kier alpha value is -1.47. The van der Waals surface area contributed by atoms with Crippen LogP contribution < -0.4 is 0 Å². The monoisotopic (exact) mass is 374 g/mol. The van der Waals surface area contributed by atoms with Gasteiger partial charge in [0.15, 0.2) is 0 Å². The second-order valence-corrected chi connectivity index (χ2v) is 8.35. The summed E-state index contributed by atoms with van der Waals surface area (Å²) in [5.74, 6) is -0.0171. The first-order chi connectivity index (χ1) is 12.1. The van der Waals surface area contributed by atoms with E-state index in [1.807, 2.05) is 19.4 Å². The number of carbonyl (C=O) groups is 1. The molecule has 1 unspecified atom stereocenters. The number of aliphatic imine (C=N–C) groups is 1. The Bertz CT molecular complexity index is 780. The molecular weight excluding hydrogens is 352 g/mol. The molecule has 2 aliphatic heterocycles. The number of imidazole rings is 1. The fourth-order valence-corrected chi connectivity index (χ4v) is 5.47. The number of hydrogen-bond donors (Lipinski definition) is 0. The van der Waals surface area contributed by atoms with Crippen LogP contribution in [-0.4, -0.2) is 37.1 Å². The summed E-state index contributed by atoms with van der Waals surface area (Å²) >= 11 is 7.13. The molecule has 1 atom stereocenters. The van der Waals surface area contributed by atoms with Crippen LogP contribution in [0.5, 0.6) is 0 Å². The number of aromatic nitrogens is 2. The molecule has 132 valence electrons. The highest BCUT2D eigenvalue weighted by atomic mass is 32.2. The molecule has 4 rings (SSSR count). The molecule has 0 radical (unpaired) electrons. The Labute approximate surface area is 157 Å². The third kappa shape index (κ3) is 3.31. The number of carbonyl (C=O) groups excluding carboxylic acids is 1. The molecular formula is C18H22N4OS2. The van der Waals surface area contributed by atoms with Gasteiger partial charge in [-0.25, -0.2) is 9.98 Å². The standard InChI is InChI=1S/C18H22N4OS2/c1-12-10-21(11-19-12)8-5-9-22-17(23)15-13-6-3-2-4-7-14(13)25-16(15)20-18(22)24/h10-11,15H,2-9H2,1H3. The van der Waals surface area contributed by atoms with Crippen molar-refractivity contribution in [2.45, 2.75) is 52.0 Å². The van der Waals surface area contributed by atoms with Gasteiger partial charge in [0.05, 0.1) is 17.1 Å². The molecule has 1 aromatic heterocycles. The van der Waals surface area contributed by atoms with Crippen LogP contribution in [0.15, 0.2) is 28.0 Å². The molecule has 1 aromatic rings. The number of aryl methyl sites for hydroxylation is 2. The Morgan fingerprint density at radius 1 is 1.28 bits per heavy atom. The van der Waals surface area contributed by atoms with E-state index in [4.69, 9.17) is 12.2 Å². The van der Waals surface area contributed by atoms with Crippen LogP contribution in [0.4, 0.5) is 0 Å². The molecule has 0 N–H and O–H groups in total. The van der Waals surface area contributed by atoms with Gasteiger partial charge < -0.3 is 4.57 Å². The summed E-state index contributed by atoms with van der Waals surface area (Å²) in [5.41, 5.74) is 2.33. The van der Waals surface area contributed by atoms with Crippen LogP contribution in [-0.2, 0) is 11.3 Å². The van der Waals surface area contributed by atoms with Crippen LogP contribution in [0, 0.1) is 12.8 Å². The highest BCUT2D eigenvalue weighted by Crippen LogP contribution is 2.47.